The van der Waals surface area contributed by atoms with Crippen LogP contribution < -0.4 is 5.73 Å². The molecule has 2 rings (SSSR count). The zero-order valence-electron chi connectivity index (χ0n) is 7.27. The minimum absolute atomic E-state index is 0.286. The van der Waals surface area contributed by atoms with E-state index in [1.807, 2.05) is 24.3 Å². The second-order valence-corrected chi connectivity index (χ2v) is 3.55. The largest absolute Gasteiger partial charge is 0.334 e. The highest BCUT2D eigenvalue weighted by Crippen LogP contribution is 2.25. The molecular weight excluding hydrogens is 246 g/mol. The van der Waals surface area contributed by atoms with Crippen molar-refractivity contribution in [3.63, 3.8) is 0 Å². The minimum atomic E-state index is 0.286. The Morgan fingerprint density at radius 2 is 2.14 bits per heavy atom. The van der Waals surface area contributed by atoms with Gasteiger partial charge in [-0.3, -0.25) is 0 Å². The molecule has 0 atom stereocenters. The summed E-state index contributed by atoms with van der Waals surface area (Å²) in [4.78, 5) is 4.13. The Morgan fingerprint density at radius 1 is 1.36 bits per heavy atom. The molecule has 0 aliphatic heterocycles. The molecule has 4 nitrogen and oxygen atoms in total. The molecule has 14 heavy (non-hydrogen) atoms. The van der Waals surface area contributed by atoms with E-state index in [0.29, 0.717) is 11.7 Å². The number of rotatable bonds is 2. The highest BCUT2D eigenvalue weighted by molar-refractivity contribution is 9.10. The van der Waals surface area contributed by atoms with Crippen LogP contribution >= 0.6 is 15.9 Å². The van der Waals surface area contributed by atoms with Gasteiger partial charge in [0.05, 0.1) is 12.1 Å². The molecule has 1 heterocycles. The van der Waals surface area contributed by atoms with Crippen molar-refractivity contribution in [3.05, 3.63) is 34.6 Å². The number of nitrogens with two attached hydrogens (primary N) is 1. The number of aromatic nitrogens is 2. The number of halogens is 1. The molecular formula is C9H8BrN3O. The first-order valence-electron chi connectivity index (χ1n) is 4.09. The molecule has 0 saturated carbocycles. The average Bonchev–Trinajstić information content (AvgIpc) is 2.67. The monoisotopic (exact) mass is 253 g/mol. The van der Waals surface area contributed by atoms with Gasteiger partial charge in [-0.15, -0.1) is 0 Å². The Labute approximate surface area is 89.2 Å². The Balaban J connectivity index is 2.44. The molecule has 0 saturated heterocycles. The SMILES string of the molecule is NCc1noc(-c2ccccc2Br)n1. The Kier molecular flexibility index (Phi) is 2.60. The van der Waals surface area contributed by atoms with Crippen LogP contribution in [0.15, 0.2) is 33.3 Å². The van der Waals surface area contributed by atoms with Crippen molar-refractivity contribution in [2.75, 3.05) is 0 Å². The number of benzene rings is 1. The Hall–Kier alpha value is -1.20. The van der Waals surface area contributed by atoms with Crippen molar-refractivity contribution >= 4 is 15.9 Å². The zero-order valence-corrected chi connectivity index (χ0v) is 8.86. The summed E-state index contributed by atoms with van der Waals surface area (Å²) in [6.45, 7) is 0.286. The quantitative estimate of drug-likeness (QED) is 0.889. The third-order valence-corrected chi connectivity index (χ3v) is 2.45. The first-order valence-corrected chi connectivity index (χ1v) is 4.88. The van der Waals surface area contributed by atoms with Gasteiger partial charge >= 0.3 is 0 Å². The molecule has 0 amide bonds. The zero-order chi connectivity index (χ0) is 9.97. The molecule has 0 fully saturated rings. The first-order chi connectivity index (χ1) is 6.81. The first kappa shape index (κ1) is 9.36. The predicted octanol–water partition coefficient (Wildman–Crippen LogP) is 1.96. The van der Waals surface area contributed by atoms with Crippen molar-refractivity contribution in [1.29, 1.82) is 0 Å². The number of hydrogen-bond donors (Lipinski definition) is 1. The van der Waals surface area contributed by atoms with Crippen molar-refractivity contribution in [1.82, 2.24) is 10.1 Å². The van der Waals surface area contributed by atoms with E-state index >= 15 is 0 Å². The van der Waals surface area contributed by atoms with Gasteiger partial charge in [-0.05, 0) is 28.1 Å². The fourth-order valence-corrected chi connectivity index (χ4v) is 1.54. The normalized spacial score (nSPS) is 10.4. The topological polar surface area (TPSA) is 64.9 Å². The van der Waals surface area contributed by atoms with Crippen LogP contribution in [0.1, 0.15) is 5.82 Å². The lowest BCUT2D eigenvalue weighted by Crippen LogP contribution is -1.97. The fourth-order valence-electron chi connectivity index (χ4n) is 1.08. The molecule has 0 aliphatic carbocycles. The lowest BCUT2D eigenvalue weighted by molar-refractivity contribution is 0.422. The average molecular weight is 254 g/mol. The van der Waals surface area contributed by atoms with Crippen LogP contribution in [0.4, 0.5) is 0 Å². The Bertz CT molecular complexity index is 441. The fraction of sp³-hybridized carbons (Fsp3) is 0.111. The van der Waals surface area contributed by atoms with Crippen LogP contribution in [0.25, 0.3) is 11.5 Å². The summed E-state index contributed by atoms with van der Waals surface area (Å²) in [6.07, 6.45) is 0. The van der Waals surface area contributed by atoms with E-state index in [1.165, 1.54) is 0 Å². The third-order valence-electron chi connectivity index (χ3n) is 1.75. The van der Waals surface area contributed by atoms with Crippen molar-refractivity contribution in [2.24, 2.45) is 5.73 Å². The molecule has 1 aromatic carbocycles. The molecule has 0 aliphatic rings. The molecule has 0 spiro atoms. The van der Waals surface area contributed by atoms with Gasteiger partial charge < -0.3 is 10.3 Å². The van der Waals surface area contributed by atoms with Crippen LogP contribution in [0.5, 0.6) is 0 Å². The van der Waals surface area contributed by atoms with Gasteiger partial charge in [0.15, 0.2) is 5.82 Å². The summed E-state index contributed by atoms with van der Waals surface area (Å²) in [6, 6.07) is 7.65. The van der Waals surface area contributed by atoms with E-state index in [2.05, 4.69) is 26.1 Å². The highest BCUT2D eigenvalue weighted by Gasteiger charge is 2.09. The standard InChI is InChI=1S/C9H8BrN3O/c10-7-4-2-1-3-6(7)9-12-8(5-11)13-14-9/h1-4H,5,11H2. The minimum Gasteiger partial charge on any atom is -0.334 e. The van der Waals surface area contributed by atoms with Gasteiger partial charge in [0, 0.05) is 4.47 Å². The van der Waals surface area contributed by atoms with Crippen molar-refractivity contribution in [3.8, 4) is 11.5 Å². The van der Waals surface area contributed by atoms with Crippen LogP contribution in [0, 0.1) is 0 Å². The van der Waals surface area contributed by atoms with Gasteiger partial charge in [0.25, 0.3) is 5.89 Å². The van der Waals surface area contributed by atoms with E-state index in [9.17, 15) is 0 Å². The van der Waals surface area contributed by atoms with Crippen LogP contribution in [0.2, 0.25) is 0 Å². The number of hydrogen-bond acceptors (Lipinski definition) is 4. The molecule has 72 valence electrons. The maximum atomic E-state index is 5.38. The second kappa shape index (κ2) is 3.89. The van der Waals surface area contributed by atoms with E-state index in [-0.39, 0.29) is 6.54 Å². The van der Waals surface area contributed by atoms with Crippen LogP contribution in [0.3, 0.4) is 0 Å². The maximum absolute atomic E-state index is 5.38. The Morgan fingerprint density at radius 3 is 2.79 bits per heavy atom. The van der Waals surface area contributed by atoms with Crippen LogP contribution in [-0.2, 0) is 6.54 Å². The second-order valence-electron chi connectivity index (χ2n) is 2.70. The summed E-state index contributed by atoms with van der Waals surface area (Å²) in [5.41, 5.74) is 6.26. The molecule has 0 unspecified atom stereocenters. The summed E-state index contributed by atoms with van der Waals surface area (Å²) < 4.78 is 5.97. The smallest absolute Gasteiger partial charge is 0.259 e. The van der Waals surface area contributed by atoms with Gasteiger partial charge in [-0.1, -0.05) is 17.3 Å². The number of nitrogens with zero attached hydrogens (tertiary/aromatic N) is 2. The lowest BCUT2D eigenvalue weighted by atomic mass is 10.2. The maximum Gasteiger partial charge on any atom is 0.259 e. The molecule has 5 heteroatoms. The van der Waals surface area contributed by atoms with E-state index in [4.69, 9.17) is 10.3 Å². The molecule has 2 N–H and O–H groups in total. The van der Waals surface area contributed by atoms with Gasteiger partial charge in [0.2, 0.25) is 0 Å². The summed E-state index contributed by atoms with van der Waals surface area (Å²) in [5.74, 6) is 0.994. The molecule has 1 aromatic heterocycles. The molecule has 2 aromatic rings. The van der Waals surface area contributed by atoms with Crippen LogP contribution in [-0.4, -0.2) is 10.1 Å². The van der Waals surface area contributed by atoms with Gasteiger partial charge in [-0.2, -0.15) is 4.98 Å². The molecule has 0 bridgehead atoms. The summed E-state index contributed by atoms with van der Waals surface area (Å²) in [5, 5.41) is 3.72. The van der Waals surface area contributed by atoms with E-state index in [0.717, 1.165) is 10.0 Å². The van der Waals surface area contributed by atoms with E-state index < -0.39 is 0 Å². The van der Waals surface area contributed by atoms with Crippen molar-refractivity contribution < 1.29 is 4.52 Å². The predicted molar refractivity (Wildman–Crippen MR) is 55.3 cm³/mol. The third kappa shape index (κ3) is 1.69. The van der Waals surface area contributed by atoms with E-state index in [1.54, 1.807) is 0 Å². The lowest BCUT2D eigenvalue weighted by Gasteiger charge is -1.95. The van der Waals surface area contributed by atoms with Gasteiger partial charge in [-0.25, -0.2) is 0 Å². The highest BCUT2D eigenvalue weighted by atomic mass is 79.9. The van der Waals surface area contributed by atoms with Gasteiger partial charge in [0.1, 0.15) is 0 Å². The molecule has 0 radical (unpaired) electrons. The summed E-state index contributed by atoms with van der Waals surface area (Å²) in [7, 11) is 0. The van der Waals surface area contributed by atoms with Crippen molar-refractivity contribution in [2.45, 2.75) is 6.54 Å². The summed E-state index contributed by atoms with van der Waals surface area (Å²) >= 11 is 3.41.